The number of anilines is 2. The van der Waals surface area contributed by atoms with Crippen LogP contribution in [0.1, 0.15) is 11.1 Å². The van der Waals surface area contributed by atoms with E-state index in [1.807, 2.05) is 0 Å². The van der Waals surface area contributed by atoms with E-state index < -0.39 is 15.8 Å². The Bertz CT molecular complexity index is 807. The zero-order valence-electron chi connectivity index (χ0n) is 11.4. The van der Waals surface area contributed by atoms with E-state index in [9.17, 15) is 12.8 Å². The fourth-order valence-corrected chi connectivity index (χ4v) is 3.88. The van der Waals surface area contributed by atoms with Gasteiger partial charge in [0.05, 0.1) is 15.6 Å². The first kappa shape index (κ1) is 15.6. The summed E-state index contributed by atoms with van der Waals surface area (Å²) in [5.41, 5.74) is 7.27. The molecule has 0 aliphatic heterocycles. The lowest BCUT2D eigenvalue weighted by Crippen LogP contribution is -2.16. The molecule has 2 aromatic rings. The summed E-state index contributed by atoms with van der Waals surface area (Å²) in [4.78, 5) is 0.0999. The summed E-state index contributed by atoms with van der Waals surface area (Å²) >= 11 is 5.84. The van der Waals surface area contributed by atoms with Crippen LogP contribution in [0.2, 0.25) is 5.02 Å². The lowest BCUT2D eigenvalue weighted by molar-refractivity contribution is 0.600. The van der Waals surface area contributed by atoms with E-state index in [0.29, 0.717) is 16.8 Å². The van der Waals surface area contributed by atoms with E-state index in [4.69, 9.17) is 17.3 Å². The number of nitrogens with two attached hydrogens (primary N) is 1. The Balaban J connectivity index is 2.51. The summed E-state index contributed by atoms with van der Waals surface area (Å²) in [5, 5.41) is -0.0159. The molecule has 0 bridgehead atoms. The van der Waals surface area contributed by atoms with Gasteiger partial charge in [-0.2, -0.15) is 0 Å². The third-order valence-corrected chi connectivity index (χ3v) is 5.06. The van der Waals surface area contributed by atoms with Crippen LogP contribution in [0.5, 0.6) is 0 Å². The van der Waals surface area contributed by atoms with Gasteiger partial charge in [-0.15, -0.1) is 0 Å². The molecule has 4 nitrogen and oxygen atoms in total. The van der Waals surface area contributed by atoms with Gasteiger partial charge in [0.25, 0.3) is 10.0 Å². The summed E-state index contributed by atoms with van der Waals surface area (Å²) in [7, 11) is -3.87. The third kappa shape index (κ3) is 3.11. The van der Waals surface area contributed by atoms with Crippen LogP contribution < -0.4 is 10.5 Å². The molecule has 0 saturated carbocycles. The van der Waals surface area contributed by atoms with Crippen molar-refractivity contribution in [2.24, 2.45) is 0 Å². The highest BCUT2D eigenvalue weighted by Gasteiger charge is 2.22. The molecule has 2 aromatic carbocycles. The number of nitrogen functional groups attached to an aromatic ring is 1. The molecule has 3 N–H and O–H groups in total. The van der Waals surface area contributed by atoms with Crippen molar-refractivity contribution >= 4 is 33.0 Å². The van der Waals surface area contributed by atoms with Crippen LogP contribution >= 0.6 is 11.6 Å². The Kier molecular flexibility index (Phi) is 4.11. The van der Waals surface area contributed by atoms with E-state index in [1.54, 1.807) is 26.0 Å². The first-order valence-corrected chi connectivity index (χ1v) is 7.92. The van der Waals surface area contributed by atoms with Crippen LogP contribution in [0.15, 0.2) is 35.2 Å². The van der Waals surface area contributed by atoms with Crippen LogP contribution in [-0.4, -0.2) is 8.42 Å². The van der Waals surface area contributed by atoms with Crippen molar-refractivity contribution in [1.82, 2.24) is 0 Å². The summed E-state index contributed by atoms with van der Waals surface area (Å²) in [6.45, 7) is 3.30. The fourth-order valence-electron chi connectivity index (χ4n) is 2.02. The minimum Gasteiger partial charge on any atom is -0.398 e. The number of aryl methyl sites for hydroxylation is 1. The molecule has 0 saturated heterocycles. The van der Waals surface area contributed by atoms with E-state index in [1.165, 1.54) is 6.07 Å². The lowest BCUT2D eigenvalue weighted by Gasteiger charge is -2.15. The maximum atomic E-state index is 13.0. The van der Waals surface area contributed by atoms with Crippen LogP contribution in [0, 0.1) is 19.7 Å². The molecule has 0 aliphatic rings. The van der Waals surface area contributed by atoms with Gasteiger partial charge in [0, 0.05) is 5.69 Å². The zero-order valence-corrected chi connectivity index (χ0v) is 13.0. The van der Waals surface area contributed by atoms with Crippen molar-refractivity contribution in [3.63, 3.8) is 0 Å². The van der Waals surface area contributed by atoms with Crippen molar-refractivity contribution in [2.45, 2.75) is 18.7 Å². The lowest BCUT2D eigenvalue weighted by atomic mass is 10.1. The molecule has 21 heavy (non-hydrogen) atoms. The fraction of sp³-hybridized carbons (Fsp3) is 0.143. The van der Waals surface area contributed by atoms with Crippen LogP contribution in [0.3, 0.4) is 0 Å². The summed E-state index contributed by atoms with van der Waals surface area (Å²) < 4.78 is 40.4. The van der Waals surface area contributed by atoms with Crippen LogP contribution in [0.25, 0.3) is 0 Å². The van der Waals surface area contributed by atoms with E-state index in [-0.39, 0.29) is 15.6 Å². The highest BCUT2D eigenvalue weighted by Crippen LogP contribution is 2.29. The second-order valence-corrected chi connectivity index (χ2v) is 6.68. The Morgan fingerprint density at radius 3 is 2.48 bits per heavy atom. The van der Waals surface area contributed by atoms with Gasteiger partial charge >= 0.3 is 0 Å². The van der Waals surface area contributed by atoms with Crippen LogP contribution in [-0.2, 0) is 10.0 Å². The Morgan fingerprint density at radius 2 is 1.86 bits per heavy atom. The molecule has 0 unspecified atom stereocenters. The van der Waals surface area contributed by atoms with Gasteiger partial charge in [-0.3, -0.25) is 4.72 Å². The molecule has 0 amide bonds. The quantitative estimate of drug-likeness (QED) is 0.847. The molecule has 0 radical (unpaired) electrons. The number of nitrogens with one attached hydrogen (secondary N) is 1. The number of hydrogen-bond donors (Lipinski definition) is 2. The maximum Gasteiger partial charge on any atom is 0.262 e. The van der Waals surface area contributed by atoms with Crippen molar-refractivity contribution in [3.8, 4) is 0 Å². The predicted octanol–water partition coefficient (Wildman–Crippen LogP) is 3.48. The second-order valence-electron chi connectivity index (χ2n) is 4.66. The number of hydrogen-bond acceptors (Lipinski definition) is 3. The minimum absolute atomic E-state index is 0.0159. The number of benzene rings is 2. The average molecular weight is 329 g/mol. The highest BCUT2D eigenvalue weighted by molar-refractivity contribution is 7.92. The van der Waals surface area contributed by atoms with Gasteiger partial charge in [0.2, 0.25) is 0 Å². The molecular formula is C14H14ClFN2O2S. The standard InChI is InChI=1S/C14H14ClFN2O2S/c1-8-3-5-12(17)9(2)14(8)21(19,20)18-13-6-4-10(16)7-11(13)15/h3-7,18H,17H2,1-2H3. The van der Waals surface area contributed by atoms with Gasteiger partial charge < -0.3 is 5.73 Å². The highest BCUT2D eigenvalue weighted by atomic mass is 35.5. The first-order chi connectivity index (χ1) is 9.72. The van der Waals surface area contributed by atoms with E-state index in [2.05, 4.69) is 4.72 Å². The molecule has 2 rings (SSSR count). The second kappa shape index (κ2) is 5.54. The van der Waals surface area contributed by atoms with Gasteiger partial charge in [0.15, 0.2) is 0 Å². The molecule has 0 spiro atoms. The van der Waals surface area contributed by atoms with Gasteiger partial charge in [-0.25, -0.2) is 12.8 Å². The molecule has 7 heteroatoms. The van der Waals surface area contributed by atoms with Crippen LogP contribution in [0.4, 0.5) is 15.8 Å². The minimum atomic E-state index is -3.87. The van der Waals surface area contributed by atoms with Crippen molar-refractivity contribution in [1.29, 1.82) is 0 Å². The van der Waals surface area contributed by atoms with Crippen molar-refractivity contribution < 1.29 is 12.8 Å². The Morgan fingerprint density at radius 1 is 1.19 bits per heavy atom. The topological polar surface area (TPSA) is 72.2 Å². The number of halogens is 2. The maximum absolute atomic E-state index is 13.0. The normalized spacial score (nSPS) is 11.4. The SMILES string of the molecule is Cc1ccc(N)c(C)c1S(=O)(=O)Nc1ccc(F)cc1Cl. The van der Waals surface area contributed by atoms with Gasteiger partial charge in [-0.05, 0) is 49.2 Å². The zero-order chi connectivity index (χ0) is 15.8. The summed E-state index contributed by atoms with van der Waals surface area (Å²) in [6.07, 6.45) is 0. The van der Waals surface area contributed by atoms with Gasteiger partial charge in [0.1, 0.15) is 5.82 Å². The smallest absolute Gasteiger partial charge is 0.262 e. The molecule has 0 aliphatic carbocycles. The largest absolute Gasteiger partial charge is 0.398 e. The monoisotopic (exact) mass is 328 g/mol. The van der Waals surface area contributed by atoms with Crippen molar-refractivity contribution in [2.75, 3.05) is 10.5 Å². The molecule has 0 heterocycles. The first-order valence-electron chi connectivity index (χ1n) is 6.06. The molecule has 0 atom stereocenters. The average Bonchev–Trinajstić information content (AvgIpc) is 2.37. The molecular weight excluding hydrogens is 315 g/mol. The number of rotatable bonds is 3. The van der Waals surface area contributed by atoms with Crippen molar-refractivity contribution in [3.05, 3.63) is 52.3 Å². The molecule has 112 valence electrons. The third-order valence-electron chi connectivity index (χ3n) is 3.09. The van der Waals surface area contributed by atoms with E-state index in [0.717, 1.165) is 12.1 Å². The summed E-state index contributed by atoms with van der Waals surface area (Å²) in [5.74, 6) is -0.542. The predicted molar refractivity (Wildman–Crippen MR) is 82.5 cm³/mol. The summed E-state index contributed by atoms with van der Waals surface area (Å²) in [6, 6.07) is 6.71. The number of sulfonamides is 1. The van der Waals surface area contributed by atoms with E-state index >= 15 is 0 Å². The molecule has 0 fully saturated rings. The molecule has 0 aromatic heterocycles. The Labute approximate surface area is 127 Å². The van der Waals surface area contributed by atoms with Gasteiger partial charge in [-0.1, -0.05) is 17.7 Å². The Hall–Kier alpha value is -1.79.